The maximum Gasteiger partial charge on any atom is 0.220 e. The summed E-state index contributed by atoms with van der Waals surface area (Å²) in [6, 6.07) is 7.61. The molecule has 0 aliphatic rings. The minimum absolute atomic E-state index is 0.0884. The highest BCUT2D eigenvalue weighted by atomic mass is 16.5. The zero-order valence-corrected chi connectivity index (χ0v) is 11.3. The highest BCUT2D eigenvalue weighted by Crippen LogP contribution is 2.12. The van der Waals surface area contributed by atoms with Gasteiger partial charge in [0.2, 0.25) is 5.91 Å². The van der Waals surface area contributed by atoms with Gasteiger partial charge in [-0.3, -0.25) is 4.79 Å². The van der Waals surface area contributed by atoms with Crippen LogP contribution in [0.1, 0.15) is 18.4 Å². The van der Waals surface area contributed by atoms with E-state index in [0.717, 1.165) is 11.3 Å². The van der Waals surface area contributed by atoms with E-state index in [1.54, 1.807) is 6.08 Å². The quantitative estimate of drug-likeness (QED) is 0.703. The van der Waals surface area contributed by atoms with Gasteiger partial charge in [0.05, 0.1) is 0 Å². The van der Waals surface area contributed by atoms with E-state index in [1.165, 1.54) is 0 Å². The van der Waals surface area contributed by atoms with Crippen LogP contribution in [0.5, 0.6) is 5.75 Å². The average molecular weight is 263 g/mol. The van der Waals surface area contributed by atoms with E-state index in [2.05, 4.69) is 11.9 Å². The van der Waals surface area contributed by atoms with Crippen LogP contribution in [0, 0.1) is 6.92 Å². The smallest absolute Gasteiger partial charge is 0.220 e. The third-order valence-electron chi connectivity index (χ3n) is 2.54. The van der Waals surface area contributed by atoms with Crippen molar-refractivity contribution in [2.24, 2.45) is 0 Å². The van der Waals surface area contributed by atoms with E-state index in [9.17, 15) is 9.90 Å². The SMILES string of the molecule is C=CCCC(=O)NCC(O)COc1cccc(C)c1. The second-order valence-electron chi connectivity index (χ2n) is 4.41. The van der Waals surface area contributed by atoms with E-state index in [0.29, 0.717) is 12.8 Å². The van der Waals surface area contributed by atoms with Crippen LogP contribution in [0.15, 0.2) is 36.9 Å². The second kappa shape index (κ2) is 8.32. The van der Waals surface area contributed by atoms with Crippen LogP contribution in [-0.4, -0.2) is 30.3 Å². The molecule has 0 heterocycles. The lowest BCUT2D eigenvalue weighted by molar-refractivity contribution is -0.121. The molecule has 1 amide bonds. The molecule has 0 aromatic heterocycles. The molecule has 104 valence electrons. The van der Waals surface area contributed by atoms with Crippen molar-refractivity contribution < 1.29 is 14.6 Å². The maximum absolute atomic E-state index is 11.3. The van der Waals surface area contributed by atoms with Gasteiger partial charge in [-0.15, -0.1) is 6.58 Å². The van der Waals surface area contributed by atoms with Crippen molar-refractivity contribution in [3.63, 3.8) is 0 Å². The number of carbonyl (C=O) groups is 1. The van der Waals surface area contributed by atoms with Gasteiger partial charge < -0.3 is 15.2 Å². The summed E-state index contributed by atoms with van der Waals surface area (Å²) in [4.78, 5) is 11.3. The summed E-state index contributed by atoms with van der Waals surface area (Å²) in [6.45, 7) is 5.88. The Morgan fingerprint density at radius 1 is 1.58 bits per heavy atom. The highest BCUT2D eigenvalue weighted by Gasteiger charge is 2.07. The fourth-order valence-corrected chi connectivity index (χ4v) is 1.51. The Morgan fingerprint density at radius 2 is 2.37 bits per heavy atom. The minimum Gasteiger partial charge on any atom is -0.491 e. The van der Waals surface area contributed by atoms with Gasteiger partial charge in [-0.05, 0) is 31.0 Å². The van der Waals surface area contributed by atoms with Gasteiger partial charge >= 0.3 is 0 Å². The molecule has 4 heteroatoms. The van der Waals surface area contributed by atoms with Gasteiger partial charge in [0.25, 0.3) is 0 Å². The Bertz CT molecular complexity index is 418. The number of aryl methyl sites for hydroxylation is 1. The zero-order chi connectivity index (χ0) is 14.1. The number of allylic oxidation sites excluding steroid dienone is 1. The number of aliphatic hydroxyl groups excluding tert-OH is 1. The van der Waals surface area contributed by atoms with Crippen molar-refractivity contribution in [2.75, 3.05) is 13.2 Å². The van der Waals surface area contributed by atoms with Crippen molar-refractivity contribution >= 4 is 5.91 Å². The van der Waals surface area contributed by atoms with Gasteiger partial charge in [-0.25, -0.2) is 0 Å². The molecular weight excluding hydrogens is 242 g/mol. The molecule has 1 unspecified atom stereocenters. The third-order valence-corrected chi connectivity index (χ3v) is 2.54. The van der Waals surface area contributed by atoms with Crippen molar-refractivity contribution in [3.8, 4) is 5.75 Å². The molecule has 1 aromatic carbocycles. The van der Waals surface area contributed by atoms with Crippen LogP contribution < -0.4 is 10.1 Å². The zero-order valence-electron chi connectivity index (χ0n) is 11.3. The van der Waals surface area contributed by atoms with Crippen LogP contribution in [-0.2, 0) is 4.79 Å². The summed E-state index contributed by atoms with van der Waals surface area (Å²) < 4.78 is 5.44. The molecular formula is C15H21NO3. The Balaban J connectivity index is 2.22. The standard InChI is InChI=1S/C15H21NO3/c1-3-4-8-15(18)16-10-13(17)11-19-14-7-5-6-12(2)9-14/h3,5-7,9,13,17H,1,4,8,10-11H2,2H3,(H,16,18). The first-order valence-electron chi connectivity index (χ1n) is 6.37. The van der Waals surface area contributed by atoms with Crippen LogP contribution in [0.2, 0.25) is 0 Å². The Hall–Kier alpha value is -1.81. The van der Waals surface area contributed by atoms with E-state index >= 15 is 0 Å². The minimum atomic E-state index is -0.715. The van der Waals surface area contributed by atoms with Gasteiger partial charge in [-0.1, -0.05) is 18.2 Å². The number of aliphatic hydroxyl groups is 1. The maximum atomic E-state index is 11.3. The lowest BCUT2D eigenvalue weighted by Crippen LogP contribution is -2.35. The van der Waals surface area contributed by atoms with Crippen LogP contribution >= 0.6 is 0 Å². The molecule has 0 spiro atoms. The first kappa shape index (κ1) is 15.2. The topological polar surface area (TPSA) is 58.6 Å². The predicted molar refractivity (Wildman–Crippen MR) is 75.1 cm³/mol. The number of amides is 1. The van der Waals surface area contributed by atoms with Gasteiger partial charge in [0, 0.05) is 13.0 Å². The molecule has 0 fully saturated rings. The first-order chi connectivity index (χ1) is 9.11. The summed E-state index contributed by atoms with van der Waals surface area (Å²) >= 11 is 0. The van der Waals surface area contributed by atoms with Crippen molar-refractivity contribution in [3.05, 3.63) is 42.5 Å². The molecule has 1 aromatic rings. The van der Waals surface area contributed by atoms with E-state index in [4.69, 9.17) is 4.74 Å². The summed E-state index contributed by atoms with van der Waals surface area (Å²) in [5.74, 6) is 0.631. The van der Waals surface area contributed by atoms with Crippen molar-refractivity contribution in [1.82, 2.24) is 5.32 Å². The first-order valence-corrected chi connectivity index (χ1v) is 6.37. The molecule has 0 aliphatic carbocycles. The molecule has 0 saturated heterocycles. The average Bonchev–Trinajstić information content (AvgIpc) is 2.40. The lowest BCUT2D eigenvalue weighted by Gasteiger charge is -2.13. The van der Waals surface area contributed by atoms with Crippen LogP contribution in [0.25, 0.3) is 0 Å². The molecule has 0 radical (unpaired) electrons. The number of hydrogen-bond acceptors (Lipinski definition) is 3. The number of benzene rings is 1. The number of hydrogen-bond donors (Lipinski definition) is 2. The highest BCUT2D eigenvalue weighted by molar-refractivity contribution is 5.75. The Kier molecular flexibility index (Phi) is 6.68. The molecule has 0 aliphatic heterocycles. The summed E-state index contributed by atoms with van der Waals surface area (Å²) in [5.41, 5.74) is 1.10. The lowest BCUT2D eigenvalue weighted by atomic mass is 10.2. The van der Waals surface area contributed by atoms with E-state index in [1.807, 2.05) is 31.2 Å². The summed E-state index contributed by atoms with van der Waals surface area (Å²) in [6.07, 6.45) is 2.02. The monoisotopic (exact) mass is 263 g/mol. The predicted octanol–water partition coefficient (Wildman–Crippen LogP) is 1.82. The Morgan fingerprint density at radius 3 is 3.05 bits per heavy atom. The molecule has 0 bridgehead atoms. The van der Waals surface area contributed by atoms with E-state index < -0.39 is 6.10 Å². The summed E-state index contributed by atoms with van der Waals surface area (Å²) in [7, 11) is 0. The van der Waals surface area contributed by atoms with Crippen LogP contribution in [0.4, 0.5) is 0 Å². The van der Waals surface area contributed by atoms with Gasteiger partial charge in [0.15, 0.2) is 0 Å². The Labute approximate surface area is 114 Å². The van der Waals surface area contributed by atoms with Crippen LogP contribution in [0.3, 0.4) is 0 Å². The van der Waals surface area contributed by atoms with Gasteiger partial charge in [0.1, 0.15) is 18.5 Å². The fourth-order valence-electron chi connectivity index (χ4n) is 1.51. The van der Waals surface area contributed by atoms with E-state index in [-0.39, 0.29) is 19.1 Å². The third kappa shape index (κ3) is 6.62. The molecule has 2 N–H and O–H groups in total. The molecule has 1 atom stereocenters. The fraction of sp³-hybridized carbons (Fsp3) is 0.400. The number of nitrogens with one attached hydrogen (secondary N) is 1. The molecule has 1 rings (SSSR count). The number of rotatable bonds is 8. The van der Waals surface area contributed by atoms with Crippen molar-refractivity contribution in [2.45, 2.75) is 25.9 Å². The normalized spacial score (nSPS) is 11.7. The molecule has 0 saturated carbocycles. The van der Waals surface area contributed by atoms with Crippen molar-refractivity contribution in [1.29, 1.82) is 0 Å². The molecule has 4 nitrogen and oxygen atoms in total. The largest absolute Gasteiger partial charge is 0.491 e. The van der Waals surface area contributed by atoms with Gasteiger partial charge in [-0.2, -0.15) is 0 Å². The molecule has 19 heavy (non-hydrogen) atoms. The number of ether oxygens (including phenoxy) is 1. The summed E-state index contributed by atoms with van der Waals surface area (Å²) in [5, 5.41) is 12.3. The number of carbonyl (C=O) groups excluding carboxylic acids is 1. The second-order valence-corrected chi connectivity index (χ2v) is 4.41.